The van der Waals surface area contributed by atoms with Crippen molar-refractivity contribution in [3.63, 3.8) is 0 Å². The third kappa shape index (κ3) is 5.15. The summed E-state index contributed by atoms with van der Waals surface area (Å²) < 4.78 is 0. The Kier molecular flexibility index (Phi) is 7.33. The molecule has 5 nitrogen and oxygen atoms in total. The molecule has 0 saturated heterocycles. The van der Waals surface area contributed by atoms with Gasteiger partial charge in [0.25, 0.3) is 11.8 Å². The Labute approximate surface area is 155 Å². The van der Waals surface area contributed by atoms with E-state index in [0.717, 1.165) is 24.9 Å². The third-order valence-electron chi connectivity index (χ3n) is 4.14. The van der Waals surface area contributed by atoms with Crippen molar-refractivity contribution in [3.05, 3.63) is 59.4 Å². The average molecular weight is 353 g/mol. The van der Waals surface area contributed by atoms with Crippen LogP contribution in [0.5, 0.6) is 0 Å². The monoisotopic (exact) mass is 353 g/mol. The second-order valence-electron chi connectivity index (χ2n) is 6.26. The van der Waals surface area contributed by atoms with Gasteiger partial charge in [0.05, 0.1) is 11.1 Å². The lowest BCUT2D eigenvalue weighted by molar-refractivity contribution is 0.0755. The van der Waals surface area contributed by atoms with E-state index in [1.807, 2.05) is 43.0 Å². The largest absolute Gasteiger partial charge is 0.339 e. The van der Waals surface area contributed by atoms with E-state index in [1.165, 1.54) is 18.0 Å². The van der Waals surface area contributed by atoms with Crippen molar-refractivity contribution in [2.45, 2.75) is 40.0 Å². The fourth-order valence-electron chi connectivity index (χ4n) is 2.75. The maximum absolute atomic E-state index is 12.7. The Bertz CT molecular complexity index is 735. The first-order valence-electron chi connectivity index (χ1n) is 9.23. The number of benzene rings is 1. The smallest absolute Gasteiger partial charge is 0.257 e. The fourth-order valence-corrected chi connectivity index (χ4v) is 2.75. The molecule has 0 bridgehead atoms. The molecule has 5 heteroatoms. The molecular weight excluding hydrogens is 326 g/mol. The van der Waals surface area contributed by atoms with Gasteiger partial charge in [-0.2, -0.15) is 0 Å². The Morgan fingerprint density at radius 3 is 2.15 bits per heavy atom. The van der Waals surface area contributed by atoms with Crippen LogP contribution in [0.25, 0.3) is 0 Å². The van der Waals surface area contributed by atoms with E-state index >= 15 is 0 Å². The molecule has 0 radical (unpaired) electrons. The second kappa shape index (κ2) is 9.70. The Morgan fingerprint density at radius 1 is 0.962 bits per heavy atom. The molecule has 0 aliphatic carbocycles. The van der Waals surface area contributed by atoms with Crippen molar-refractivity contribution in [2.75, 3.05) is 18.4 Å². The number of nitrogens with zero attached hydrogens (tertiary/aromatic N) is 2. The molecule has 0 aliphatic heterocycles. The van der Waals surface area contributed by atoms with Crippen molar-refractivity contribution < 1.29 is 9.59 Å². The average Bonchev–Trinajstić information content (AvgIpc) is 2.68. The summed E-state index contributed by atoms with van der Waals surface area (Å²) >= 11 is 0. The Balaban J connectivity index is 2.13. The molecule has 2 amide bonds. The molecule has 1 N–H and O–H groups in total. The normalized spacial score (nSPS) is 10.4. The van der Waals surface area contributed by atoms with E-state index < -0.39 is 0 Å². The van der Waals surface area contributed by atoms with Gasteiger partial charge in [-0.25, -0.2) is 0 Å². The number of hydrogen-bond acceptors (Lipinski definition) is 3. The number of aryl methyl sites for hydroxylation is 1. The molecule has 0 saturated carbocycles. The number of carbonyl (C=O) groups excluding carboxylic acids is 2. The van der Waals surface area contributed by atoms with Crippen molar-refractivity contribution in [3.8, 4) is 0 Å². The number of pyridine rings is 1. The molecule has 2 rings (SSSR count). The summed E-state index contributed by atoms with van der Waals surface area (Å²) in [5, 5.41) is 2.85. The molecule has 0 unspecified atom stereocenters. The predicted molar refractivity (Wildman–Crippen MR) is 104 cm³/mol. The van der Waals surface area contributed by atoms with Gasteiger partial charge < -0.3 is 10.2 Å². The molecule has 2 aromatic rings. The minimum Gasteiger partial charge on any atom is -0.339 e. The molecule has 0 aliphatic rings. The zero-order valence-electron chi connectivity index (χ0n) is 15.8. The Morgan fingerprint density at radius 2 is 1.58 bits per heavy atom. The van der Waals surface area contributed by atoms with Crippen LogP contribution in [-0.4, -0.2) is 34.8 Å². The SMILES string of the molecule is CCCN(CCC)C(=O)c1cncc(C(=O)Nc2ccc(CC)cc2)c1. The molecule has 0 spiro atoms. The van der Waals surface area contributed by atoms with Gasteiger partial charge in [-0.3, -0.25) is 14.6 Å². The fraction of sp³-hybridized carbons (Fsp3) is 0.381. The third-order valence-corrected chi connectivity index (χ3v) is 4.14. The van der Waals surface area contributed by atoms with Crippen LogP contribution >= 0.6 is 0 Å². The number of hydrogen-bond donors (Lipinski definition) is 1. The van der Waals surface area contributed by atoms with Gasteiger partial charge >= 0.3 is 0 Å². The van der Waals surface area contributed by atoms with E-state index in [9.17, 15) is 9.59 Å². The van der Waals surface area contributed by atoms with Crippen molar-refractivity contribution >= 4 is 17.5 Å². The van der Waals surface area contributed by atoms with Gasteiger partial charge in [0.2, 0.25) is 0 Å². The molecule has 138 valence electrons. The maximum atomic E-state index is 12.7. The highest BCUT2D eigenvalue weighted by atomic mass is 16.2. The highest BCUT2D eigenvalue weighted by molar-refractivity contribution is 6.05. The molecular formula is C21H27N3O2. The lowest BCUT2D eigenvalue weighted by atomic mass is 10.1. The summed E-state index contributed by atoms with van der Waals surface area (Å²) in [6, 6.07) is 9.35. The van der Waals surface area contributed by atoms with Crippen LogP contribution in [0.15, 0.2) is 42.7 Å². The van der Waals surface area contributed by atoms with Gasteiger partial charge in [-0.15, -0.1) is 0 Å². The molecule has 0 fully saturated rings. The first-order valence-corrected chi connectivity index (χ1v) is 9.23. The minimum absolute atomic E-state index is 0.0804. The van der Waals surface area contributed by atoms with Crippen molar-refractivity contribution in [1.29, 1.82) is 0 Å². The van der Waals surface area contributed by atoms with Crippen LogP contribution in [0.2, 0.25) is 0 Å². The van der Waals surface area contributed by atoms with Crippen LogP contribution in [-0.2, 0) is 6.42 Å². The van der Waals surface area contributed by atoms with Crippen LogP contribution in [0.3, 0.4) is 0 Å². The van der Waals surface area contributed by atoms with E-state index in [1.54, 1.807) is 6.07 Å². The zero-order chi connectivity index (χ0) is 18.9. The summed E-state index contributed by atoms with van der Waals surface area (Å²) in [6.07, 6.45) is 5.75. The van der Waals surface area contributed by atoms with Crippen LogP contribution < -0.4 is 5.32 Å². The summed E-state index contributed by atoms with van der Waals surface area (Å²) in [6.45, 7) is 7.58. The van der Waals surface area contributed by atoms with Crippen LogP contribution in [0.4, 0.5) is 5.69 Å². The summed E-state index contributed by atoms with van der Waals surface area (Å²) in [5.41, 5.74) is 2.76. The quantitative estimate of drug-likeness (QED) is 0.775. The van der Waals surface area contributed by atoms with Crippen molar-refractivity contribution in [1.82, 2.24) is 9.88 Å². The number of amides is 2. The van der Waals surface area contributed by atoms with Gasteiger partial charge in [0, 0.05) is 31.2 Å². The first-order chi connectivity index (χ1) is 12.6. The lowest BCUT2D eigenvalue weighted by Gasteiger charge is -2.21. The highest BCUT2D eigenvalue weighted by Crippen LogP contribution is 2.13. The summed E-state index contributed by atoms with van der Waals surface area (Å²) in [7, 11) is 0. The summed E-state index contributed by atoms with van der Waals surface area (Å²) in [5.74, 6) is -0.350. The second-order valence-corrected chi connectivity index (χ2v) is 6.26. The van der Waals surface area contributed by atoms with Gasteiger partial charge in [-0.1, -0.05) is 32.9 Å². The standard InChI is InChI=1S/C21H27N3O2/c1-4-11-24(12-5-2)21(26)18-13-17(14-22-15-18)20(25)23-19-9-7-16(6-3)8-10-19/h7-10,13-15H,4-6,11-12H2,1-3H3,(H,23,25). The number of rotatable bonds is 8. The van der Waals surface area contributed by atoms with Gasteiger partial charge in [0.1, 0.15) is 0 Å². The van der Waals surface area contributed by atoms with Crippen LogP contribution in [0.1, 0.15) is 59.9 Å². The maximum Gasteiger partial charge on any atom is 0.257 e. The molecule has 1 aromatic carbocycles. The van der Waals surface area contributed by atoms with E-state index in [-0.39, 0.29) is 11.8 Å². The predicted octanol–water partition coefficient (Wildman–Crippen LogP) is 4.16. The first kappa shape index (κ1) is 19.6. The minimum atomic E-state index is -0.270. The number of anilines is 1. The summed E-state index contributed by atoms with van der Waals surface area (Å²) in [4.78, 5) is 31.1. The van der Waals surface area contributed by atoms with Gasteiger partial charge in [-0.05, 0) is 43.0 Å². The van der Waals surface area contributed by atoms with Crippen LogP contribution in [0, 0.1) is 0 Å². The number of carbonyl (C=O) groups is 2. The molecule has 1 heterocycles. The molecule has 1 aromatic heterocycles. The topological polar surface area (TPSA) is 62.3 Å². The van der Waals surface area contributed by atoms with E-state index in [0.29, 0.717) is 24.2 Å². The number of aromatic nitrogens is 1. The highest BCUT2D eigenvalue weighted by Gasteiger charge is 2.16. The molecule has 0 atom stereocenters. The molecule has 26 heavy (non-hydrogen) atoms. The number of nitrogens with one attached hydrogen (secondary N) is 1. The Hall–Kier alpha value is -2.69. The zero-order valence-corrected chi connectivity index (χ0v) is 15.8. The van der Waals surface area contributed by atoms with E-state index in [2.05, 4.69) is 17.2 Å². The van der Waals surface area contributed by atoms with Crippen molar-refractivity contribution in [2.24, 2.45) is 0 Å². The van der Waals surface area contributed by atoms with Gasteiger partial charge in [0.15, 0.2) is 0 Å². The lowest BCUT2D eigenvalue weighted by Crippen LogP contribution is -2.32. The van der Waals surface area contributed by atoms with E-state index in [4.69, 9.17) is 0 Å².